The predicted octanol–water partition coefficient (Wildman–Crippen LogP) is 3.55. The summed E-state index contributed by atoms with van der Waals surface area (Å²) >= 11 is 6.47. The lowest BCUT2D eigenvalue weighted by Crippen LogP contribution is -2.51. The monoisotopic (exact) mass is 412 g/mol. The molecule has 2 aliphatic heterocycles. The highest BCUT2D eigenvalue weighted by Crippen LogP contribution is 2.62. The van der Waals surface area contributed by atoms with E-state index in [1.807, 2.05) is 11.7 Å². The van der Waals surface area contributed by atoms with Gasteiger partial charge in [-0.1, -0.05) is 35.9 Å². The molecular formula is C22H25ClN4O2. The SMILES string of the molecule is Cn1ncc(Cl)c1CC1c2ccccc2C2(CC2)N1CC1CC2(CNC(=O)O2)C1. The maximum atomic E-state index is 11.5. The number of rotatable bonds is 4. The zero-order valence-electron chi connectivity index (χ0n) is 16.5. The van der Waals surface area contributed by atoms with Crippen molar-refractivity contribution in [3.05, 3.63) is 52.3 Å². The maximum Gasteiger partial charge on any atom is 0.407 e. The van der Waals surface area contributed by atoms with E-state index in [1.165, 1.54) is 24.0 Å². The van der Waals surface area contributed by atoms with Crippen molar-refractivity contribution in [3.63, 3.8) is 0 Å². The van der Waals surface area contributed by atoms with Crippen molar-refractivity contribution in [2.24, 2.45) is 13.0 Å². The fourth-order valence-corrected chi connectivity index (χ4v) is 6.25. The molecule has 6 nitrogen and oxygen atoms in total. The molecule has 1 amide bonds. The second-order valence-electron chi connectivity index (χ2n) is 9.25. The summed E-state index contributed by atoms with van der Waals surface area (Å²) < 4.78 is 7.46. The zero-order chi connectivity index (χ0) is 19.8. The van der Waals surface area contributed by atoms with E-state index in [2.05, 4.69) is 39.6 Å². The smallest absolute Gasteiger partial charge is 0.407 e. The van der Waals surface area contributed by atoms with Crippen LogP contribution in [0.25, 0.3) is 0 Å². The van der Waals surface area contributed by atoms with Crippen LogP contribution < -0.4 is 5.32 Å². The highest BCUT2D eigenvalue weighted by Gasteiger charge is 2.60. The number of carbonyl (C=O) groups excluding carboxylic acids is 1. The third-order valence-electron chi connectivity index (χ3n) is 7.51. The van der Waals surface area contributed by atoms with Gasteiger partial charge in [0.1, 0.15) is 5.60 Å². The first kappa shape index (κ1) is 17.8. The number of aryl methyl sites for hydroxylation is 1. The van der Waals surface area contributed by atoms with Crippen molar-refractivity contribution in [1.29, 1.82) is 0 Å². The van der Waals surface area contributed by atoms with E-state index in [0.29, 0.717) is 18.5 Å². The average Bonchev–Trinajstić information content (AvgIpc) is 3.22. The Bertz CT molecular complexity index is 973. The first-order valence-corrected chi connectivity index (χ1v) is 10.9. The molecule has 29 heavy (non-hydrogen) atoms. The van der Waals surface area contributed by atoms with Crippen LogP contribution in [0.3, 0.4) is 0 Å². The van der Waals surface area contributed by atoms with Crippen LogP contribution in [0.2, 0.25) is 5.02 Å². The number of aromatic nitrogens is 2. The van der Waals surface area contributed by atoms with E-state index < -0.39 is 0 Å². The largest absolute Gasteiger partial charge is 0.441 e. The molecule has 3 fully saturated rings. The van der Waals surface area contributed by atoms with Gasteiger partial charge in [-0.15, -0.1) is 0 Å². The molecule has 1 unspecified atom stereocenters. The molecular weight excluding hydrogens is 388 g/mol. The summed E-state index contributed by atoms with van der Waals surface area (Å²) in [6, 6.07) is 9.22. The van der Waals surface area contributed by atoms with Gasteiger partial charge in [0.2, 0.25) is 0 Å². The highest BCUT2D eigenvalue weighted by atomic mass is 35.5. The second kappa shape index (κ2) is 5.99. The molecule has 0 bridgehead atoms. The molecule has 6 rings (SSSR count). The quantitative estimate of drug-likeness (QED) is 0.834. The van der Waals surface area contributed by atoms with Crippen LogP contribution in [-0.2, 0) is 23.7 Å². The number of amides is 1. The molecule has 1 saturated heterocycles. The van der Waals surface area contributed by atoms with Crippen molar-refractivity contribution >= 4 is 17.7 Å². The van der Waals surface area contributed by atoms with Crippen LogP contribution in [-0.4, -0.2) is 39.5 Å². The van der Waals surface area contributed by atoms with Crippen molar-refractivity contribution in [2.75, 3.05) is 13.1 Å². The van der Waals surface area contributed by atoms with Gasteiger partial charge < -0.3 is 10.1 Å². The van der Waals surface area contributed by atoms with Gasteiger partial charge in [0.25, 0.3) is 0 Å². The van der Waals surface area contributed by atoms with Crippen molar-refractivity contribution in [3.8, 4) is 0 Å². The third-order valence-corrected chi connectivity index (χ3v) is 7.82. The first-order chi connectivity index (χ1) is 14.0. The minimum absolute atomic E-state index is 0.180. The minimum Gasteiger partial charge on any atom is -0.441 e. The first-order valence-electron chi connectivity index (χ1n) is 10.5. The van der Waals surface area contributed by atoms with E-state index in [-0.39, 0.29) is 17.2 Å². The average molecular weight is 413 g/mol. The van der Waals surface area contributed by atoms with Gasteiger partial charge in [-0.2, -0.15) is 5.10 Å². The van der Waals surface area contributed by atoms with E-state index in [9.17, 15) is 4.79 Å². The lowest BCUT2D eigenvalue weighted by atomic mass is 9.70. The lowest BCUT2D eigenvalue weighted by Gasteiger charge is -2.46. The molecule has 2 spiro atoms. The van der Waals surface area contributed by atoms with Crippen LogP contribution in [0.1, 0.15) is 48.5 Å². The number of fused-ring (bicyclic) bond motifs is 2. The molecule has 1 aromatic heterocycles. The van der Waals surface area contributed by atoms with Gasteiger partial charge >= 0.3 is 6.09 Å². The summed E-state index contributed by atoms with van der Waals surface area (Å²) in [5.41, 5.74) is 3.94. The summed E-state index contributed by atoms with van der Waals surface area (Å²) in [5.74, 6) is 0.555. The van der Waals surface area contributed by atoms with E-state index in [1.54, 1.807) is 6.20 Å². The maximum absolute atomic E-state index is 11.5. The number of nitrogens with one attached hydrogen (secondary N) is 1. The summed E-state index contributed by atoms with van der Waals surface area (Å²) in [6.45, 7) is 1.69. The third kappa shape index (κ3) is 2.58. The number of alkyl carbamates (subject to hydrolysis) is 1. The van der Waals surface area contributed by atoms with Crippen LogP contribution >= 0.6 is 11.6 Å². The molecule has 3 heterocycles. The number of ether oxygens (including phenoxy) is 1. The Balaban J connectivity index is 1.29. The van der Waals surface area contributed by atoms with Gasteiger partial charge in [-0.3, -0.25) is 9.58 Å². The zero-order valence-corrected chi connectivity index (χ0v) is 17.3. The van der Waals surface area contributed by atoms with Crippen molar-refractivity contribution < 1.29 is 9.53 Å². The minimum atomic E-state index is -0.264. The number of hydrogen-bond donors (Lipinski definition) is 1. The second-order valence-corrected chi connectivity index (χ2v) is 9.66. The molecule has 152 valence electrons. The summed E-state index contributed by atoms with van der Waals surface area (Å²) in [7, 11) is 1.97. The Hall–Kier alpha value is -2.05. The van der Waals surface area contributed by atoms with E-state index in [4.69, 9.17) is 16.3 Å². The predicted molar refractivity (Wildman–Crippen MR) is 109 cm³/mol. The summed E-state index contributed by atoms with van der Waals surface area (Å²) in [4.78, 5) is 14.2. The Morgan fingerprint density at radius 1 is 1.31 bits per heavy atom. The summed E-state index contributed by atoms with van der Waals surface area (Å²) in [5, 5.41) is 7.91. The van der Waals surface area contributed by atoms with Gasteiger partial charge in [-0.05, 0) is 42.7 Å². The van der Waals surface area contributed by atoms with Crippen LogP contribution in [0.4, 0.5) is 4.79 Å². The Labute approximate surface area is 175 Å². The molecule has 7 heteroatoms. The van der Waals surface area contributed by atoms with Crippen LogP contribution in [0.5, 0.6) is 0 Å². The molecule has 2 saturated carbocycles. The van der Waals surface area contributed by atoms with Gasteiger partial charge in [0.05, 0.1) is 23.5 Å². The normalized spacial score (nSPS) is 31.6. The molecule has 2 aliphatic carbocycles. The molecule has 2 aromatic rings. The van der Waals surface area contributed by atoms with E-state index in [0.717, 1.165) is 36.5 Å². The van der Waals surface area contributed by atoms with Gasteiger partial charge in [0.15, 0.2) is 0 Å². The van der Waals surface area contributed by atoms with Crippen LogP contribution in [0, 0.1) is 5.92 Å². The Morgan fingerprint density at radius 2 is 2.10 bits per heavy atom. The van der Waals surface area contributed by atoms with Crippen molar-refractivity contribution in [2.45, 2.75) is 49.3 Å². The number of carbonyl (C=O) groups is 1. The number of nitrogens with zero attached hydrogens (tertiary/aromatic N) is 3. The number of halogens is 1. The van der Waals surface area contributed by atoms with Gasteiger partial charge in [-0.25, -0.2) is 4.79 Å². The van der Waals surface area contributed by atoms with E-state index >= 15 is 0 Å². The molecule has 4 aliphatic rings. The molecule has 1 aromatic carbocycles. The van der Waals surface area contributed by atoms with Crippen molar-refractivity contribution in [1.82, 2.24) is 20.0 Å². The fourth-order valence-electron chi connectivity index (χ4n) is 6.01. The Morgan fingerprint density at radius 3 is 2.76 bits per heavy atom. The number of hydrogen-bond acceptors (Lipinski definition) is 4. The standard InChI is InChI=1S/C22H25ClN4O2/c1-26-19(17(23)11-25-26)8-18-15-4-2-3-5-16(15)22(6-7-22)27(18)12-14-9-21(10-14)13-24-20(28)29-21/h2-5,11,14,18H,6-10,12-13H2,1H3,(H,24,28). The summed E-state index contributed by atoms with van der Waals surface area (Å²) in [6.07, 6.45) is 6.68. The highest BCUT2D eigenvalue weighted by molar-refractivity contribution is 6.31. The fraction of sp³-hybridized carbons (Fsp3) is 0.545. The van der Waals surface area contributed by atoms with Gasteiger partial charge in [0, 0.05) is 31.6 Å². The molecule has 1 N–H and O–H groups in total. The topological polar surface area (TPSA) is 59.4 Å². The van der Waals surface area contributed by atoms with Crippen LogP contribution in [0.15, 0.2) is 30.5 Å². The molecule has 1 atom stereocenters. The lowest BCUT2D eigenvalue weighted by molar-refractivity contribution is -0.0637. The Kier molecular flexibility index (Phi) is 3.67. The molecule has 0 radical (unpaired) electrons. The number of benzene rings is 1.